The molecule has 1 aliphatic rings. The summed E-state index contributed by atoms with van der Waals surface area (Å²) in [6.45, 7) is 4.15. The summed E-state index contributed by atoms with van der Waals surface area (Å²) in [6, 6.07) is 10.7. The molecule has 0 aliphatic carbocycles. The van der Waals surface area contributed by atoms with E-state index in [0.29, 0.717) is 6.42 Å². The first-order chi connectivity index (χ1) is 7.74. The minimum absolute atomic E-state index is 0.292. The molecule has 0 unspecified atom stereocenters. The smallest absolute Gasteiger partial charge is 0.303 e. The van der Waals surface area contributed by atoms with Gasteiger partial charge in [-0.3, -0.25) is 4.79 Å². The summed E-state index contributed by atoms with van der Waals surface area (Å²) in [5, 5.41) is 11.2. The molecule has 1 heterocycles. The molecular formula is C13H19NO2. The predicted octanol–water partition coefficient (Wildman–Crippen LogP) is 2.24. The van der Waals surface area contributed by atoms with E-state index in [2.05, 4.69) is 35.6 Å². The fourth-order valence-corrected chi connectivity index (χ4v) is 1.46. The van der Waals surface area contributed by atoms with Crippen molar-refractivity contribution in [2.24, 2.45) is 0 Å². The molecule has 1 aliphatic heterocycles. The third kappa shape index (κ3) is 4.45. The summed E-state index contributed by atoms with van der Waals surface area (Å²) >= 11 is 0. The molecule has 1 aromatic rings. The molecule has 1 fully saturated rings. The van der Waals surface area contributed by atoms with Crippen LogP contribution in [0.1, 0.15) is 31.2 Å². The van der Waals surface area contributed by atoms with Gasteiger partial charge in [0, 0.05) is 25.4 Å². The molecule has 3 heteroatoms. The van der Waals surface area contributed by atoms with Gasteiger partial charge in [-0.15, -0.1) is 0 Å². The van der Waals surface area contributed by atoms with Crippen molar-refractivity contribution in [2.45, 2.75) is 25.7 Å². The zero-order valence-corrected chi connectivity index (χ0v) is 9.65. The van der Waals surface area contributed by atoms with Crippen LogP contribution in [0.15, 0.2) is 30.3 Å². The van der Waals surface area contributed by atoms with Gasteiger partial charge in [-0.25, -0.2) is 0 Å². The van der Waals surface area contributed by atoms with Crippen molar-refractivity contribution < 1.29 is 9.90 Å². The van der Waals surface area contributed by atoms with Gasteiger partial charge in [-0.1, -0.05) is 37.3 Å². The highest BCUT2D eigenvalue weighted by molar-refractivity contribution is 5.66. The maximum atomic E-state index is 9.60. The third-order valence-corrected chi connectivity index (χ3v) is 2.52. The van der Waals surface area contributed by atoms with Gasteiger partial charge in [0.05, 0.1) is 0 Å². The van der Waals surface area contributed by atoms with Crippen LogP contribution in [-0.4, -0.2) is 24.2 Å². The summed E-state index contributed by atoms with van der Waals surface area (Å²) < 4.78 is 0. The Balaban J connectivity index is 0.000000187. The molecule has 0 amide bonds. The highest BCUT2D eigenvalue weighted by Gasteiger charge is 2.17. The SMILES string of the molecule is CCCC(=O)O.c1ccc(C2CNC2)cc1. The van der Waals surface area contributed by atoms with Crippen LogP contribution in [-0.2, 0) is 4.79 Å². The first kappa shape index (κ1) is 12.7. The van der Waals surface area contributed by atoms with Gasteiger partial charge in [0.1, 0.15) is 0 Å². The van der Waals surface area contributed by atoms with Gasteiger partial charge in [-0.2, -0.15) is 0 Å². The monoisotopic (exact) mass is 221 g/mol. The Kier molecular flexibility index (Phi) is 5.57. The van der Waals surface area contributed by atoms with E-state index in [1.54, 1.807) is 0 Å². The second kappa shape index (κ2) is 7.01. The Hall–Kier alpha value is -1.35. The van der Waals surface area contributed by atoms with Gasteiger partial charge in [0.15, 0.2) is 0 Å². The lowest BCUT2D eigenvalue weighted by atomic mass is 9.94. The maximum absolute atomic E-state index is 9.60. The first-order valence-corrected chi connectivity index (χ1v) is 5.71. The molecule has 0 saturated carbocycles. The van der Waals surface area contributed by atoms with Crippen LogP contribution in [0.4, 0.5) is 0 Å². The Morgan fingerprint density at radius 3 is 2.31 bits per heavy atom. The molecule has 16 heavy (non-hydrogen) atoms. The van der Waals surface area contributed by atoms with Crippen molar-refractivity contribution in [2.75, 3.05) is 13.1 Å². The van der Waals surface area contributed by atoms with E-state index in [0.717, 1.165) is 25.4 Å². The largest absolute Gasteiger partial charge is 0.481 e. The number of carbonyl (C=O) groups is 1. The minimum atomic E-state index is -0.711. The quantitative estimate of drug-likeness (QED) is 0.823. The minimum Gasteiger partial charge on any atom is -0.481 e. The molecular weight excluding hydrogens is 202 g/mol. The predicted molar refractivity (Wildman–Crippen MR) is 64.6 cm³/mol. The van der Waals surface area contributed by atoms with E-state index in [1.807, 2.05) is 6.92 Å². The zero-order valence-electron chi connectivity index (χ0n) is 9.65. The lowest BCUT2D eigenvalue weighted by Crippen LogP contribution is -2.39. The van der Waals surface area contributed by atoms with Crippen LogP contribution >= 0.6 is 0 Å². The second-order valence-corrected chi connectivity index (χ2v) is 3.91. The average Bonchev–Trinajstić information content (AvgIpc) is 2.17. The highest BCUT2D eigenvalue weighted by Crippen LogP contribution is 2.18. The average molecular weight is 221 g/mol. The van der Waals surface area contributed by atoms with Crippen molar-refractivity contribution in [3.05, 3.63) is 35.9 Å². The van der Waals surface area contributed by atoms with E-state index < -0.39 is 5.97 Å². The number of carboxylic acids is 1. The fourth-order valence-electron chi connectivity index (χ4n) is 1.46. The van der Waals surface area contributed by atoms with Crippen molar-refractivity contribution in [1.82, 2.24) is 5.32 Å². The van der Waals surface area contributed by atoms with Crippen LogP contribution in [0.5, 0.6) is 0 Å². The lowest BCUT2D eigenvalue weighted by Gasteiger charge is -2.27. The number of hydrogen-bond donors (Lipinski definition) is 2. The second-order valence-electron chi connectivity index (χ2n) is 3.91. The molecule has 0 radical (unpaired) electrons. The Labute approximate surface area is 96.5 Å². The number of benzene rings is 1. The van der Waals surface area contributed by atoms with E-state index in [9.17, 15) is 4.79 Å². The fraction of sp³-hybridized carbons (Fsp3) is 0.462. The van der Waals surface area contributed by atoms with Crippen LogP contribution in [0, 0.1) is 0 Å². The topological polar surface area (TPSA) is 49.3 Å². The van der Waals surface area contributed by atoms with Crippen LogP contribution in [0.3, 0.4) is 0 Å². The van der Waals surface area contributed by atoms with Gasteiger partial charge >= 0.3 is 5.97 Å². The van der Waals surface area contributed by atoms with E-state index in [4.69, 9.17) is 5.11 Å². The van der Waals surface area contributed by atoms with Crippen LogP contribution in [0.2, 0.25) is 0 Å². The van der Waals surface area contributed by atoms with Crippen LogP contribution < -0.4 is 5.32 Å². The van der Waals surface area contributed by atoms with Gasteiger partial charge in [0.2, 0.25) is 0 Å². The molecule has 0 spiro atoms. The number of carboxylic acid groups (broad SMARTS) is 1. The molecule has 2 rings (SSSR count). The summed E-state index contributed by atoms with van der Waals surface area (Å²) in [5.74, 6) is 0.0682. The van der Waals surface area contributed by atoms with Gasteiger partial charge < -0.3 is 10.4 Å². The Morgan fingerprint density at radius 1 is 1.38 bits per heavy atom. The summed E-state index contributed by atoms with van der Waals surface area (Å²) in [5.41, 5.74) is 1.47. The number of rotatable bonds is 3. The first-order valence-electron chi connectivity index (χ1n) is 5.71. The lowest BCUT2D eigenvalue weighted by molar-refractivity contribution is -0.137. The molecule has 0 atom stereocenters. The standard InChI is InChI=1S/C9H11N.C4H8O2/c1-2-4-8(5-3-1)9-6-10-7-9;1-2-3-4(5)6/h1-5,9-10H,6-7H2;2-3H2,1H3,(H,5,6). The molecule has 2 N–H and O–H groups in total. The molecule has 0 bridgehead atoms. The van der Waals surface area contributed by atoms with Crippen molar-refractivity contribution >= 4 is 5.97 Å². The van der Waals surface area contributed by atoms with E-state index in [1.165, 1.54) is 5.56 Å². The molecule has 3 nitrogen and oxygen atoms in total. The zero-order chi connectivity index (χ0) is 11.8. The van der Waals surface area contributed by atoms with E-state index >= 15 is 0 Å². The number of nitrogens with one attached hydrogen (secondary N) is 1. The third-order valence-electron chi connectivity index (χ3n) is 2.52. The number of hydrogen-bond acceptors (Lipinski definition) is 2. The molecule has 0 aromatic heterocycles. The Morgan fingerprint density at radius 2 is 2.00 bits per heavy atom. The highest BCUT2D eigenvalue weighted by atomic mass is 16.4. The maximum Gasteiger partial charge on any atom is 0.303 e. The normalized spacial score (nSPS) is 14.6. The van der Waals surface area contributed by atoms with Crippen molar-refractivity contribution in [3.63, 3.8) is 0 Å². The number of aliphatic carboxylic acids is 1. The molecule has 1 aromatic carbocycles. The summed E-state index contributed by atoms with van der Waals surface area (Å²) in [7, 11) is 0. The van der Waals surface area contributed by atoms with Crippen molar-refractivity contribution in [3.8, 4) is 0 Å². The van der Waals surface area contributed by atoms with Gasteiger partial charge in [0.25, 0.3) is 0 Å². The van der Waals surface area contributed by atoms with Crippen LogP contribution in [0.25, 0.3) is 0 Å². The van der Waals surface area contributed by atoms with Gasteiger partial charge in [-0.05, 0) is 12.0 Å². The van der Waals surface area contributed by atoms with E-state index in [-0.39, 0.29) is 0 Å². The molecule has 88 valence electrons. The summed E-state index contributed by atoms with van der Waals surface area (Å²) in [6.07, 6.45) is 1.02. The van der Waals surface area contributed by atoms with Crippen molar-refractivity contribution in [1.29, 1.82) is 0 Å². The Bertz CT molecular complexity index is 307. The molecule has 1 saturated heterocycles. The summed E-state index contributed by atoms with van der Waals surface area (Å²) in [4.78, 5) is 9.60.